The lowest BCUT2D eigenvalue weighted by Gasteiger charge is -2.28. The minimum absolute atomic E-state index is 0.0377. The maximum absolute atomic E-state index is 14.1. The molecule has 1 heterocycles. The van der Waals surface area contributed by atoms with E-state index in [1.807, 2.05) is 50.3 Å². The van der Waals surface area contributed by atoms with Gasteiger partial charge in [0.2, 0.25) is 17.7 Å². The van der Waals surface area contributed by atoms with Crippen LogP contribution in [0.1, 0.15) is 119 Å². The van der Waals surface area contributed by atoms with Gasteiger partial charge in [0.1, 0.15) is 0 Å². The van der Waals surface area contributed by atoms with Gasteiger partial charge in [-0.3, -0.25) is 28.8 Å². The monoisotopic (exact) mass is 729 g/mol. The van der Waals surface area contributed by atoms with Crippen molar-refractivity contribution < 1.29 is 28.8 Å². The van der Waals surface area contributed by atoms with Gasteiger partial charge in [0.25, 0.3) is 0 Å². The van der Waals surface area contributed by atoms with Gasteiger partial charge in [-0.1, -0.05) is 69.7 Å². The summed E-state index contributed by atoms with van der Waals surface area (Å²) in [5.74, 6) is -0.866. The molecule has 1 aromatic rings. The van der Waals surface area contributed by atoms with Crippen LogP contribution in [0.2, 0.25) is 0 Å². The molecule has 0 aromatic heterocycles. The standard InChI is InChI=1S/C44H63N3O6/c1-28(2)25-30(5)19-20-36(26-34-15-10-9-11-16-34)44(53)47-24-14-18-38(47)39(48)27-35(43(52)46-29(3)4)17-12-13-23-45-40(49)22-21-37-33(8)41(50)31(6)32(7)42(37)51/h9-11,15-16,19-20,28-30,35-36,38H,12-14,17-18,21-27H2,1-8H3,(H,45,49)(H,46,52)/b20-19+/t30-,35-,36-,38+/m1/s1. The van der Waals surface area contributed by atoms with E-state index in [-0.39, 0.29) is 66.3 Å². The number of Topliss-reactive ketones (excluding diaryl/α,β-unsaturated/α-hetero) is 3. The number of nitrogens with zero attached hydrogens (tertiary/aromatic N) is 1. The smallest absolute Gasteiger partial charge is 0.230 e. The first-order valence-corrected chi connectivity index (χ1v) is 19.7. The van der Waals surface area contributed by atoms with Crippen molar-refractivity contribution in [1.82, 2.24) is 15.5 Å². The lowest BCUT2D eigenvalue weighted by Crippen LogP contribution is -2.45. The van der Waals surface area contributed by atoms with E-state index in [0.717, 1.165) is 18.4 Å². The minimum Gasteiger partial charge on any atom is -0.356 e. The Labute approximate surface area is 317 Å². The average molecular weight is 730 g/mol. The topological polar surface area (TPSA) is 130 Å². The third kappa shape index (κ3) is 13.0. The molecule has 1 aliphatic heterocycles. The molecule has 1 aliphatic carbocycles. The molecule has 1 saturated heterocycles. The first kappa shape index (κ1) is 43.3. The van der Waals surface area contributed by atoms with Gasteiger partial charge < -0.3 is 15.5 Å². The highest BCUT2D eigenvalue weighted by Crippen LogP contribution is 2.28. The SMILES string of the molecule is CC1=C(C)C(=O)C(CCC(=O)NCCCC[C@H](CC(=O)[C@@H]2CCCN2C(=O)[C@H](/C=C/[C@@H](C)CC(C)C)Cc2ccccc2)C(=O)NC(C)C)=C(C)C1=O. The molecule has 3 amide bonds. The summed E-state index contributed by atoms with van der Waals surface area (Å²) >= 11 is 0. The number of ketones is 3. The van der Waals surface area contributed by atoms with Gasteiger partial charge in [-0.2, -0.15) is 0 Å². The molecule has 0 saturated carbocycles. The molecule has 2 aliphatic rings. The second-order valence-corrected chi connectivity index (χ2v) is 15.9. The number of allylic oxidation sites excluding steroid dienone is 5. The van der Waals surface area contributed by atoms with Gasteiger partial charge >= 0.3 is 0 Å². The summed E-state index contributed by atoms with van der Waals surface area (Å²) in [5, 5.41) is 5.86. The number of benzene rings is 1. The van der Waals surface area contributed by atoms with E-state index in [1.165, 1.54) is 0 Å². The quantitative estimate of drug-likeness (QED) is 0.0841. The normalized spacial score (nSPS) is 18.3. The van der Waals surface area contributed by atoms with Crippen LogP contribution in [0, 0.1) is 23.7 Å². The van der Waals surface area contributed by atoms with Crippen molar-refractivity contribution in [2.75, 3.05) is 13.1 Å². The summed E-state index contributed by atoms with van der Waals surface area (Å²) in [4.78, 5) is 80.9. The molecule has 1 aromatic carbocycles. The summed E-state index contributed by atoms with van der Waals surface area (Å²) in [6.45, 7) is 16.2. The molecule has 0 bridgehead atoms. The van der Waals surface area contributed by atoms with Crippen LogP contribution >= 0.6 is 0 Å². The second-order valence-electron chi connectivity index (χ2n) is 15.9. The minimum atomic E-state index is -0.552. The summed E-state index contributed by atoms with van der Waals surface area (Å²) in [7, 11) is 0. The molecule has 4 atom stereocenters. The number of rotatable bonds is 20. The van der Waals surface area contributed by atoms with Crippen LogP contribution in [0.25, 0.3) is 0 Å². The Morgan fingerprint density at radius 2 is 1.57 bits per heavy atom. The van der Waals surface area contributed by atoms with Crippen LogP contribution in [0.4, 0.5) is 0 Å². The van der Waals surface area contributed by atoms with Crippen molar-refractivity contribution in [2.45, 2.75) is 132 Å². The fraction of sp³-hybridized carbons (Fsp3) is 0.591. The van der Waals surface area contributed by atoms with Gasteiger partial charge in [0.15, 0.2) is 17.3 Å². The van der Waals surface area contributed by atoms with Crippen LogP contribution in [0.5, 0.6) is 0 Å². The molecule has 0 radical (unpaired) electrons. The van der Waals surface area contributed by atoms with Crippen molar-refractivity contribution in [3.8, 4) is 0 Å². The highest BCUT2D eigenvalue weighted by atomic mass is 16.2. The van der Waals surface area contributed by atoms with Gasteiger partial charge in [-0.05, 0) is 97.0 Å². The zero-order valence-electron chi connectivity index (χ0n) is 33.4. The van der Waals surface area contributed by atoms with Crippen LogP contribution in [0.3, 0.4) is 0 Å². The maximum atomic E-state index is 14.1. The van der Waals surface area contributed by atoms with Gasteiger partial charge in [0.05, 0.1) is 12.0 Å². The van der Waals surface area contributed by atoms with Crippen molar-refractivity contribution in [2.24, 2.45) is 23.7 Å². The van der Waals surface area contributed by atoms with Crippen LogP contribution in [-0.4, -0.2) is 65.1 Å². The summed E-state index contributed by atoms with van der Waals surface area (Å²) in [6, 6.07) is 9.34. The Morgan fingerprint density at radius 3 is 2.23 bits per heavy atom. The molecule has 1 fully saturated rings. The number of hydrogen-bond donors (Lipinski definition) is 2. The second kappa shape index (κ2) is 20.9. The van der Waals surface area contributed by atoms with Crippen molar-refractivity contribution >= 4 is 35.1 Å². The fourth-order valence-electron chi connectivity index (χ4n) is 7.46. The maximum Gasteiger partial charge on any atom is 0.230 e. The summed E-state index contributed by atoms with van der Waals surface area (Å²) in [5.41, 5.74) is 2.77. The van der Waals surface area contributed by atoms with E-state index >= 15 is 0 Å². The third-order valence-electron chi connectivity index (χ3n) is 10.5. The van der Waals surface area contributed by atoms with Crippen molar-refractivity contribution in [3.05, 3.63) is 70.3 Å². The number of nitrogens with one attached hydrogen (secondary N) is 2. The van der Waals surface area contributed by atoms with Crippen LogP contribution < -0.4 is 10.6 Å². The Bertz CT molecular complexity index is 1570. The lowest BCUT2D eigenvalue weighted by molar-refractivity contribution is -0.140. The Balaban J connectivity index is 1.59. The zero-order valence-corrected chi connectivity index (χ0v) is 33.4. The highest BCUT2D eigenvalue weighted by Gasteiger charge is 2.38. The van der Waals surface area contributed by atoms with E-state index in [0.29, 0.717) is 79.3 Å². The first-order chi connectivity index (χ1) is 25.1. The van der Waals surface area contributed by atoms with E-state index in [1.54, 1.807) is 25.7 Å². The largest absolute Gasteiger partial charge is 0.356 e. The molecule has 3 rings (SSSR count). The van der Waals surface area contributed by atoms with E-state index in [4.69, 9.17) is 0 Å². The average Bonchev–Trinajstić information content (AvgIpc) is 3.61. The Hall–Kier alpha value is -4.14. The molecule has 9 heteroatoms. The Kier molecular flexibility index (Phi) is 17.1. The van der Waals surface area contributed by atoms with E-state index in [9.17, 15) is 28.8 Å². The Morgan fingerprint density at radius 1 is 0.887 bits per heavy atom. The van der Waals surface area contributed by atoms with Crippen LogP contribution in [0.15, 0.2) is 64.8 Å². The van der Waals surface area contributed by atoms with Gasteiger partial charge in [0, 0.05) is 60.2 Å². The lowest BCUT2D eigenvalue weighted by atomic mass is 9.84. The number of amides is 3. The highest BCUT2D eigenvalue weighted by molar-refractivity contribution is 6.24. The zero-order chi connectivity index (χ0) is 39.2. The number of carbonyl (C=O) groups is 6. The van der Waals surface area contributed by atoms with Crippen molar-refractivity contribution in [3.63, 3.8) is 0 Å². The molecule has 0 spiro atoms. The predicted molar refractivity (Wildman–Crippen MR) is 210 cm³/mol. The number of carbonyl (C=O) groups excluding carboxylic acids is 6. The van der Waals surface area contributed by atoms with E-state index in [2.05, 4.69) is 37.5 Å². The number of unbranched alkanes of at least 4 members (excludes halogenated alkanes) is 1. The molecule has 53 heavy (non-hydrogen) atoms. The molecule has 9 nitrogen and oxygen atoms in total. The predicted octanol–water partition coefficient (Wildman–Crippen LogP) is 7.05. The van der Waals surface area contributed by atoms with E-state index < -0.39 is 12.0 Å². The number of hydrogen-bond acceptors (Lipinski definition) is 6. The molecule has 290 valence electrons. The number of likely N-dealkylation sites (tertiary alicyclic amines) is 1. The van der Waals surface area contributed by atoms with Gasteiger partial charge in [-0.15, -0.1) is 0 Å². The fourth-order valence-corrected chi connectivity index (χ4v) is 7.46. The summed E-state index contributed by atoms with van der Waals surface area (Å²) < 4.78 is 0. The third-order valence-corrected chi connectivity index (χ3v) is 10.5. The molecular weight excluding hydrogens is 666 g/mol. The molecule has 2 N–H and O–H groups in total. The van der Waals surface area contributed by atoms with Crippen LogP contribution in [-0.2, 0) is 35.2 Å². The van der Waals surface area contributed by atoms with Gasteiger partial charge in [-0.25, -0.2) is 0 Å². The molecular formula is C44H63N3O6. The summed E-state index contributed by atoms with van der Waals surface area (Å²) in [6.07, 6.45) is 9.16. The van der Waals surface area contributed by atoms with Crippen molar-refractivity contribution in [1.29, 1.82) is 0 Å². The molecule has 0 unspecified atom stereocenters. The first-order valence-electron chi connectivity index (χ1n) is 19.7.